The van der Waals surface area contributed by atoms with Crippen LogP contribution in [0.1, 0.15) is 38.1 Å². The number of carbonyl (C=O) groups excluding carboxylic acids is 3. The number of hydrogen-bond acceptors (Lipinski definition) is 7. The molecule has 156 valence electrons. The maximum atomic E-state index is 12.2. The first-order valence-electron chi connectivity index (χ1n) is 9.49. The van der Waals surface area contributed by atoms with Crippen molar-refractivity contribution in [2.24, 2.45) is 0 Å². The van der Waals surface area contributed by atoms with Crippen LogP contribution in [0.3, 0.4) is 0 Å². The van der Waals surface area contributed by atoms with Gasteiger partial charge in [-0.1, -0.05) is 24.3 Å². The molecule has 0 saturated carbocycles. The Morgan fingerprint density at radius 1 is 1.00 bits per heavy atom. The smallest absolute Gasteiger partial charge is 0.350 e. The fourth-order valence-electron chi connectivity index (χ4n) is 2.83. The lowest BCUT2D eigenvalue weighted by molar-refractivity contribution is -0.222. The molecule has 30 heavy (non-hydrogen) atoms. The molecule has 1 aliphatic rings. The third-order valence-electron chi connectivity index (χ3n) is 4.14. The molecular formula is C23H23NO6. The van der Waals surface area contributed by atoms with E-state index in [1.54, 1.807) is 38.1 Å². The van der Waals surface area contributed by atoms with Crippen molar-refractivity contribution in [2.45, 2.75) is 39.6 Å². The molecule has 7 nitrogen and oxygen atoms in total. The first kappa shape index (κ1) is 21.1. The van der Waals surface area contributed by atoms with Crippen LogP contribution >= 0.6 is 0 Å². The first-order valence-corrected chi connectivity index (χ1v) is 9.49. The predicted molar refractivity (Wildman–Crippen MR) is 110 cm³/mol. The van der Waals surface area contributed by atoms with Crippen molar-refractivity contribution in [1.29, 1.82) is 0 Å². The Morgan fingerprint density at radius 3 is 2.23 bits per heavy atom. The Kier molecular flexibility index (Phi) is 5.91. The monoisotopic (exact) mass is 409 g/mol. The summed E-state index contributed by atoms with van der Waals surface area (Å²) in [5, 5.41) is 2.92. The number of esters is 3. The summed E-state index contributed by atoms with van der Waals surface area (Å²) in [5.74, 6) is -3.18. The summed E-state index contributed by atoms with van der Waals surface area (Å²) in [6, 6.07) is 14.4. The Morgan fingerprint density at radius 2 is 1.60 bits per heavy atom. The number of carbonyl (C=O) groups is 3. The highest BCUT2D eigenvalue weighted by molar-refractivity contribution is 6.15. The van der Waals surface area contributed by atoms with Gasteiger partial charge in [0.25, 0.3) is 5.79 Å². The van der Waals surface area contributed by atoms with Crippen molar-refractivity contribution in [1.82, 2.24) is 0 Å². The van der Waals surface area contributed by atoms with Crippen LogP contribution in [0.2, 0.25) is 0 Å². The molecular weight excluding hydrogens is 386 g/mol. The molecule has 1 aliphatic heterocycles. The van der Waals surface area contributed by atoms with Crippen LogP contribution in [-0.4, -0.2) is 29.8 Å². The zero-order valence-corrected chi connectivity index (χ0v) is 17.2. The molecule has 0 aromatic heterocycles. The summed E-state index contributed by atoms with van der Waals surface area (Å²) in [6.07, 6.45) is 1.06. The van der Waals surface area contributed by atoms with E-state index in [1.807, 2.05) is 24.3 Å². The van der Waals surface area contributed by atoms with Crippen molar-refractivity contribution in [3.05, 3.63) is 65.9 Å². The number of ether oxygens (including phenoxy) is 3. The second-order valence-corrected chi connectivity index (χ2v) is 7.50. The van der Waals surface area contributed by atoms with E-state index in [0.29, 0.717) is 11.3 Å². The van der Waals surface area contributed by atoms with Gasteiger partial charge in [0.05, 0.1) is 11.7 Å². The van der Waals surface area contributed by atoms with Crippen LogP contribution in [0, 0.1) is 0 Å². The molecule has 0 aliphatic carbocycles. The Hall–Kier alpha value is -3.61. The number of nitrogens with one attached hydrogen (secondary N) is 1. The predicted octanol–water partition coefficient (Wildman–Crippen LogP) is 4.05. The van der Waals surface area contributed by atoms with Crippen LogP contribution in [0.25, 0.3) is 11.1 Å². The molecule has 3 rings (SSSR count). The van der Waals surface area contributed by atoms with E-state index in [0.717, 1.165) is 11.1 Å². The van der Waals surface area contributed by atoms with Crippen LogP contribution in [0.4, 0.5) is 5.69 Å². The number of cyclic esters (lactones) is 2. The Labute approximate surface area is 174 Å². The second kappa shape index (κ2) is 8.41. The van der Waals surface area contributed by atoms with E-state index >= 15 is 0 Å². The number of rotatable bonds is 5. The molecule has 2 aromatic rings. The van der Waals surface area contributed by atoms with Gasteiger partial charge in [0.2, 0.25) is 0 Å². The van der Waals surface area contributed by atoms with Crippen molar-refractivity contribution >= 4 is 23.6 Å². The molecule has 0 bridgehead atoms. The van der Waals surface area contributed by atoms with Gasteiger partial charge in [-0.25, -0.2) is 14.4 Å². The lowest BCUT2D eigenvalue weighted by atomic mass is 10.0. The van der Waals surface area contributed by atoms with Gasteiger partial charge in [-0.2, -0.15) is 0 Å². The minimum Gasteiger partial charge on any atom is -0.459 e. The molecule has 0 amide bonds. The summed E-state index contributed by atoms with van der Waals surface area (Å²) in [6.45, 7) is 6.57. The van der Waals surface area contributed by atoms with Crippen molar-refractivity contribution in [3.63, 3.8) is 0 Å². The molecule has 0 atom stereocenters. The SMILES string of the molecule is CC(C)OC(=O)c1cccc(-c2cccc(NC=C3C(=O)OC(C)(C)OC3=O)c2)c1. The minimum absolute atomic E-state index is 0.203. The van der Waals surface area contributed by atoms with Gasteiger partial charge >= 0.3 is 17.9 Å². The van der Waals surface area contributed by atoms with Crippen LogP contribution in [0.5, 0.6) is 0 Å². The van der Waals surface area contributed by atoms with E-state index in [9.17, 15) is 14.4 Å². The Bertz CT molecular complexity index is 1000. The van der Waals surface area contributed by atoms with Gasteiger partial charge < -0.3 is 19.5 Å². The van der Waals surface area contributed by atoms with E-state index in [4.69, 9.17) is 14.2 Å². The van der Waals surface area contributed by atoms with Gasteiger partial charge in [0, 0.05) is 25.7 Å². The highest BCUT2D eigenvalue weighted by atomic mass is 16.7. The lowest BCUT2D eigenvalue weighted by Gasteiger charge is -2.29. The van der Waals surface area contributed by atoms with Gasteiger partial charge in [0.15, 0.2) is 5.57 Å². The van der Waals surface area contributed by atoms with Crippen molar-refractivity contribution in [2.75, 3.05) is 5.32 Å². The molecule has 1 fully saturated rings. The fraction of sp³-hybridized carbons (Fsp3) is 0.261. The molecule has 0 spiro atoms. The molecule has 7 heteroatoms. The van der Waals surface area contributed by atoms with Crippen molar-refractivity contribution < 1.29 is 28.6 Å². The molecule has 1 saturated heterocycles. The topological polar surface area (TPSA) is 90.9 Å². The molecule has 0 radical (unpaired) electrons. The van der Waals surface area contributed by atoms with Gasteiger partial charge in [0.1, 0.15) is 0 Å². The van der Waals surface area contributed by atoms with Gasteiger partial charge in [-0.15, -0.1) is 0 Å². The normalized spacial score (nSPS) is 15.3. The van der Waals surface area contributed by atoms with Gasteiger partial charge in [-0.05, 0) is 49.2 Å². The fourth-order valence-corrected chi connectivity index (χ4v) is 2.83. The summed E-state index contributed by atoms with van der Waals surface area (Å²) < 4.78 is 15.4. The van der Waals surface area contributed by atoms with Crippen molar-refractivity contribution in [3.8, 4) is 11.1 Å². The summed E-state index contributed by atoms with van der Waals surface area (Å²) in [7, 11) is 0. The largest absolute Gasteiger partial charge is 0.459 e. The van der Waals surface area contributed by atoms with Crippen LogP contribution in [0.15, 0.2) is 60.3 Å². The third kappa shape index (κ3) is 5.05. The highest BCUT2D eigenvalue weighted by Crippen LogP contribution is 2.26. The highest BCUT2D eigenvalue weighted by Gasteiger charge is 2.38. The van der Waals surface area contributed by atoms with E-state index in [1.165, 1.54) is 20.0 Å². The molecule has 1 N–H and O–H groups in total. The Balaban J connectivity index is 1.80. The van der Waals surface area contributed by atoms with Gasteiger partial charge in [-0.3, -0.25) is 0 Å². The maximum Gasteiger partial charge on any atom is 0.350 e. The van der Waals surface area contributed by atoms with E-state index in [-0.39, 0.29) is 17.6 Å². The summed E-state index contributed by atoms with van der Waals surface area (Å²) in [4.78, 5) is 36.2. The summed E-state index contributed by atoms with van der Waals surface area (Å²) >= 11 is 0. The standard InChI is InChI=1S/C23H23NO6/c1-14(2)28-20(25)17-9-5-7-15(11-17)16-8-6-10-18(12-16)24-13-19-21(26)29-23(3,4)30-22(19)27/h5-14,24H,1-4H3. The van der Waals surface area contributed by atoms with Crippen LogP contribution < -0.4 is 5.32 Å². The molecule has 0 unspecified atom stereocenters. The first-order chi connectivity index (χ1) is 14.1. The maximum absolute atomic E-state index is 12.2. The van der Waals surface area contributed by atoms with E-state index in [2.05, 4.69) is 5.32 Å². The minimum atomic E-state index is -1.28. The molecule has 1 heterocycles. The number of benzene rings is 2. The zero-order valence-electron chi connectivity index (χ0n) is 17.2. The quantitative estimate of drug-likeness (QED) is 0.452. The average molecular weight is 409 g/mol. The number of hydrogen-bond donors (Lipinski definition) is 1. The van der Waals surface area contributed by atoms with E-state index < -0.39 is 17.7 Å². The third-order valence-corrected chi connectivity index (χ3v) is 4.14. The second-order valence-electron chi connectivity index (χ2n) is 7.50. The molecule has 2 aromatic carbocycles. The van der Waals surface area contributed by atoms with Crippen LogP contribution in [-0.2, 0) is 23.8 Å². The lowest BCUT2D eigenvalue weighted by Crippen LogP contribution is -2.42. The number of anilines is 1. The summed E-state index contributed by atoms with van der Waals surface area (Å²) in [5.41, 5.74) is 2.53. The zero-order chi connectivity index (χ0) is 21.9. The average Bonchev–Trinajstić information content (AvgIpc) is 2.66.